The van der Waals surface area contributed by atoms with E-state index in [4.69, 9.17) is 0 Å². The monoisotopic (exact) mass is 192 g/mol. The number of aldehydes is 1. The third-order valence-corrected chi connectivity index (χ3v) is 3.33. The average Bonchev–Trinajstić information content (AvgIpc) is 2.53. The normalized spacial score (nSPS) is 19.7. The largest absolute Gasteiger partial charge is 0.302 e. The van der Waals surface area contributed by atoms with Crippen LogP contribution in [-0.4, -0.2) is 38.6 Å². The lowest BCUT2D eigenvalue weighted by Gasteiger charge is -2.14. The predicted octanol–water partition coefficient (Wildman–Crippen LogP) is -0.884. The third-order valence-electron chi connectivity index (χ3n) is 1.75. The van der Waals surface area contributed by atoms with Gasteiger partial charge >= 0.3 is 0 Å². The van der Waals surface area contributed by atoms with Crippen LogP contribution in [0.15, 0.2) is 0 Å². The van der Waals surface area contributed by atoms with Gasteiger partial charge < -0.3 is 4.79 Å². The van der Waals surface area contributed by atoms with E-state index >= 15 is 0 Å². The summed E-state index contributed by atoms with van der Waals surface area (Å²) in [6, 6.07) is 0. The van der Waals surface area contributed by atoms with Crippen LogP contribution in [0.1, 0.15) is 12.8 Å². The van der Waals surface area contributed by atoms with Crippen LogP contribution in [0.4, 0.5) is 0 Å². The first kappa shape index (κ1) is 9.63. The van der Waals surface area contributed by atoms with Crippen molar-refractivity contribution in [3.8, 4) is 0 Å². The molecular formula is C6H12N2O3S. The molecule has 70 valence electrons. The Morgan fingerprint density at radius 2 is 1.92 bits per heavy atom. The minimum Gasteiger partial charge on any atom is -0.302 e. The first-order valence-corrected chi connectivity index (χ1v) is 5.29. The molecule has 0 radical (unpaired) electrons. The third kappa shape index (κ3) is 2.26. The molecule has 0 aromatic carbocycles. The van der Waals surface area contributed by atoms with E-state index in [-0.39, 0.29) is 6.54 Å². The molecule has 0 aromatic heterocycles. The summed E-state index contributed by atoms with van der Waals surface area (Å²) in [5.41, 5.74) is 0. The second-order valence-corrected chi connectivity index (χ2v) is 4.38. The second-order valence-electron chi connectivity index (χ2n) is 2.63. The minimum atomic E-state index is -3.37. The van der Waals surface area contributed by atoms with Gasteiger partial charge in [0.15, 0.2) is 0 Å². The number of nitrogens with one attached hydrogen (secondary N) is 1. The molecule has 0 bridgehead atoms. The summed E-state index contributed by atoms with van der Waals surface area (Å²) in [4.78, 5) is 9.92. The Kier molecular flexibility index (Phi) is 3.19. The van der Waals surface area contributed by atoms with Crippen LogP contribution in [-0.2, 0) is 15.0 Å². The van der Waals surface area contributed by atoms with Crippen LogP contribution in [0.5, 0.6) is 0 Å². The van der Waals surface area contributed by atoms with Gasteiger partial charge in [-0.15, -0.1) is 0 Å². The number of nitrogens with zero attached hydrogens (tertiary/aromatic N) is 1. The quantitative estimate of drug-likeness (QED) is 0.588. The zero-order valence-electron chi connectivity index (χ0n) is 6.69. The van der Waals surface area contributed by atoms with Gasteiger partial charge in [-0.25, -0.2) is 0 Å². The Balaban J connectivity index is 2.51. The van der Waals surface area contributed by atoms with Crippen LogP contribution in [0.25, 0.3) is 0 Å². The molecule has 0 aliphatic carbocycles. The minimum absolute atomic E-state index is 0.140. The van der Waals surface area contributed by atoms with E-state index < -0.39 is 10.2 Å². The average molecular weight is 192 g/mol. The molecule has 1 rings (SSSR count). The number of carbonyl (C=O) groups is 1. The molecule has 0 aromatic rings. The van der Waals surface area contributed by atoms with Crippen LogP contribution >= 0.6 is 0 Å². The highest BCUT2D eigenvalue weighted by Gasteiger charge is 2.23. The summed E-state index contributed by atoms with van der Waals surface area (Å²) in [6.07, 6.45) is 2.34. The van der Waals surface area contributed by atoms with E-state index in [1.54, 1.807) is 0 Å². The van der Waals surface area contributed by atoms with Gasteiger partial charge in [-0.1, -0.05) is 0 Å². The van der Waals surface area contributed by atoms with Crippen molar-refractivity contribution in [2.24, 2.45) is 0 Å². The summed E-state index contributed by atoms with van der Waals surface area (Å²) < 4.78 is 26.0. The van der Waals surface area contributed by atoms with Gasteiger partial charge in [0.2, 0.25) is 0 Å². The lowest BCUT2D eigenvalue weighted by atomic mass is 10.4. The lowest BCUT2D eigenvalue weighted by Crippen LogP contribution is -2.39. The van der Waals surface area contributed by atoms with Gasteiger partial charge in [0.25, 0.3) is 10.2 Å². The summed E-state index contributed by atoms with van der Waals surface area (Å²) >= 11 is 0. The van der Waals surface area contributed by atoms with Crippen molar-refractivity contribution in [2.45, 2.75) is 12.8 Å². The van der Waals surface area contributed by atoms with Gasteiger partial charge in [-0.2, -0.15) is 17.4 Å². The molecule has 0 spiro atoms. The van der Waals surface area contributed by atoms with Crippen LogP contribution in [0.2, 0.25) is 0 Å². The molecule has 1 saturated heterocycles. The maximum Gasteiger partial charge on any atom is 0.279 e. The van der Waals surface area contributed by atoms with E-state index in [0.717, 1.165) is 12.8 Å². The standard InChI is InChI=1S/C6H12N2O3S/c9-6-3-7-12(10,11)8-4-1-2-5-8/h6-7H,1-5H2. The molecule has 1 heterocycles. The zero-order valence-corrected chi connectivity index (χ0v) is 7.51. The van der Waals surface area contributed by atoms with Crippen molar-refractivity contribution in [2.75, 3.05) is 19.6 Å². The number of hydrogen-bond acceptors (Lipinski definition) is 3. The number of hydrogen-bond donors (Lipinski definition) is 1. The highest BCUT2D eigenvalue weighted by atomic mass is 32.2. The molecule has 0 atom stereocenters. The van der Waals surface area contributed by atoms with Crippen molar-refractivity contribution in [1.82, 2.24) is 9.03 Å². The summed E-state index contributed by atoms with van der Waals surface area (Å²) in [6.45, 7) is 0.987. The topological polar surface area (TPSA) is 66.5 Å². The van der Waals surface area contributed by atoms with Crippen molar-refractivity contribution in [3.05, 3.63) is 0 Å². The van der Waals surface area contributed by atoms with E-state index in [2.05, 4.69) is 4.72 Å². The smallest absolute Gasteiger partial charge is 0.279 e. The van der Waals surface area contributed by atoms with Gasteiger partial charge in [0, 0.05) is 13.1 Å². The molecule has 0 saturated carbocycles. The van der Waals surface area contributed by atoms with E-state index in [0.29, 0.717) is 19.4 Å². The molecule has 0 unspecified atom stereocenters. The molecule has 12 heavy (non-hydrogen) atoms. The van der Waals surface area contributed by atoms with Gasteiger partial charge in [-0.3, -0.25) is 0 Å². The molecule has 1 aliphatic heterocycles. The molecule has 6 heteroatoms. The lowest BCUT2D eigenvalue weighted by molar-refractivity contribution is -0.106. The van der Waals surface area contributed by atoms with Gasteiger partial charge in [-0.05, 0) is 12.8 Å². The van der Waals surface area contributed by atoms with E-state index in [9.17, 15) is 13.2 Å². The van der Waals surface area contributed by atoms with E-state index in [1.807, 2.05) is 0 Å². The van der Waals surface area contributed by atoms with Crippen LogP contribution in [0.3, 0.4) is 0 Å². The Morgan fingerprint density at radius 1 is 1.33 bits per heavy atom. The van der Waals surface area contributed by atoms with Gasteiger partial charge in [0.1, 0.15) is 6.29 Å². The highest BCUT2D eigenvalue weighted by molar-refractivity contribution is 7.87. The van der Waals surface area contributed by atoms with Crippen LogP contribution < -0.4 is 4.72 Å². The molecule has 0 amide bonds. The molecular weight excluding hydrogens is 180 g/mol. The maximum atomic E-state index is 11.2. The first-order valence-electron chi connectivity index (χ1n) is 3.85. The fourth-order valence-corrected chi connectivity index (χ4v) is 2.36. The second kappa shape index (κ2) is 3.97. The Morgan fingerprint density at radius 3 is 2.42 bits per heavy atom. The fourth-order valence-electron chi connectivity index (χ4n) is 1.16. The SMILES string of the molecule is O=CCNS(=O)(=O)N1CCCC1. The Bertz CT molecular complexity index is 244. The van der Waals surface area contributed by atoms with Crippen molar-refractivity contribution >= 4 is 16.5 Å². The molecule has 1 N–H and O–H groups in total. The maximum absolute atomic E-state index is 11.2. The number of carbonyl (C=O) groups excluding carboxylic acids is 1. The van der Waals surface area contributed by atoms with Crippen molar-refractivity contribution < 1.29 is 13.2 Å². The summed E-state index contributed by atoms with van der Waals surface area (Å²) in [5.74, 6) is 0. The predicted molar refractivity (Wildman–Crippen MR) is 43.8 cm³/mol. The van der Waals surface area contributed by atoms with E-state index in [1.165, 1.54) is 4.31 Å². The van der Waals surface area contributed by atoms with Crippen molar-refractivity contribution in [3.63, 3.8) is 0 Å². The summed E-state index contributed by atoms with van der Waals surface area (Å²) in [7, 11) is -3.37. The Labute approximate surface area is 71.9 Å². The Hall–Kier alpha value is -0.460. The fraction of sp³-hybridized carbons (Fsp3) is 0.833. The summed E-state index contributed by atoms with van der Waals surface area (Å²) in [5, 5.41) is 0. The van der Waals surface area contributed by atoms with Crippen LogP contribution in [0, 0.1) is 0 Å². The highest BCUT2D eigenvalue weighted by Crippen LogP contribution is 2.10. The molecule has 5 nitrogen and oxygen atoms in total. The van der Waals surface area contributed by atoms with Crippen molar-refractivity contribution in [1.29, 1.82) is 0 Å². The van der Waals surface area contributed by atoms with Gasteiger partial charge in [0.05, 0.1) is 6.54 Å². The molecule has 1 aliphatic rings. The molecule has 1 fully saturated rings. The zero-order chi connectivity index (χ0) is 9.03. The number of rotatable bonds is 4. The first-order chi connectivity index (χ1) is 5.67.